The fourth-order valence-corrected chi connectivity index (χ4v) is 2.32. The first-order chi connectivity index (χ1) is 13.2. The van der Waals surface area contributed by atoms with E-state index in [1.54, 1.807) is 54.6 Å². The highest BCUT2D eigenvalue weighted by Gasteiger charge is 2.10. The summed E-state index contributed by atoms with van der Waals surface area (Å²) in [5.74, 6) is 0.877. The van der Waals surface area contributed by atoms with Gasteiger partial charge in [-0.15, -0.1) is 0 Å². The number of nitrogens with zero attached hydrogens (tertiary/aromatic N) is 3. The highest BCUT2D eigenvalue weighted by atomic mass is 16.5. The molecule has 7 heteroatoms. The molecule has 0 aliphatic heterocycles. The van der Waals surface area contributed by atoms with Gasteiger partial charge in [-0.2, -0.15) is 5.26 Å². The Bertz CT molecular complexity index is 963. The Hall–Kier alpha value is -3.92. The summed E-state index contributed by atoms with van der Waals surface area (Å²) in [7, 11) is 0. The molecule has 0 unspecified atom stereocenters. The Morgan fingerprint density at radius 2 is 1.78 bits per heavy atom. The minimum absolute atomic E-state index is 0.232. The zero-order valence-electron chi connectivity index (χ0n) is 14.6. The van der Waals surface area contributed by atoms with Crippen molar-refractivity contribution in [3.63, 3.8) is 0 Å². The van der Waals surface area contributed by atoms with Crippen molar-refractivity contribution in [3.05, 3.63) is 72.2 Å². The topological polar surface area (TPSA) is 99.9 Å². The van der Waals surface area contributed by atoms with Crippen LogP contribution >= 0.6 is 0 Å². The number of anilines is 3. The van der Waals surface area contributed by atoms with Crippen LogP contribution in [0.3, 0.4) is 0 Å². The van der Waals surface area contributed by atoms with Crippen molar-refractivity contribution in [1.82, 2.24) is 9.97 Å². The van der Waals surface area contributed by atoms with E-state index in [1.807, 2.05) is 6.92 Å². The number of carbonyl (C=O) groups is 1. The van der Waals surface area contributed by atoms with Crippen LogP contribution in [-0.4, -0.2) is 22.5 Å². The largest absolute Gasteiger partial charge is 0.494 e. The lowest BCUT2D eigenvalue weighted by molar-refractivity contribution is 0.102. The van der Waals surface area contributed by atoms with Gasteiger partial charge in [0.25, 0.3) is 5.91 Å². The number of rotatable bonds is 6. The van der Waals surface area contributed by atoms with Crippen molar-refractivity contribution in [3.8, 4) is 11.8 Å². The van der Waals surface area contributed by atoms with E-state index in [2.05, 4.69) is 26.7 Å². The third-order valence-corrected chi connectivity index (χ3v) is 3.61. The van der Waals surface area contributed by atoms with Gasteiger partial charge >= 0.3 is 0 Å². The van der Waals surface area contributed by atoms with Crippen molar-refractivity contribution in [2.45, 2.75) is 6.92 Å². The van der Waals surface area contributed by atoms with Gasteiger partial charge in [0.1, 0.15) is 23.6 Å². The minimum Gasteiger partial charge on any atom is -0.494 e. The van der Waals surface area contributed by atoms with Gasteiger partial charge in [-0.1, -0.05) is 0 Å². The van der Waals surface area contributed by atoms with E-state index in [1.165, 1.54) is 6.33 Å². The lowest BCUT2D eigenvalue weighted by Crippen LogP contribution is -2.14. The molecule has 27 heavy (non-hydrogen) atoms. The summed E-state index contributed by atoms with van der Waals surface area (Å²) in [6.07, 6.45) is 1.32. The molecule has 1 aromatic heterocycles. The summed E-state index contributed by atoms with van der Waals surface area (Å²) in [5, 5.41) is 14.7. The molecule has 1 heterocycles. The number of nitriles is 1. The molecule has 0 bridgehead atoms. The molecule has 3 aromatic rings. The van der Waals surface area contributed by atoms with Crippen LogP contribution in [0.15, 0.2) is 60.9 Å². The van der Waals surface area contributed by atoms with Crippen LogP contribution in [-0.2, 0) is 0 Å². The van der Waals surface area contributed by atoms with Gasteiger partial charge in [-0.25, -0.2) is 9.97 Å². The molecule has 0 saturated heterocycles. The molecular weight excluding hydrogens is 342 g/mol. The zero-order chi connectivity index (χ0) is 19.1. The maximum absolute atomic E-state index is 12.4. The molecule has 0 aliphatic carbocycles. The Balaban J connectivity index is 1.68. The third-order valence-electron chi connectivity index (χ3n) is 3.61. The van der Waals surface area contributed by atoms with Gasteiger partial charge < -0.3 is 15.4 Å². The van der Waals surface area contributed by atoms with Gasteiger partial charge in [-0.3, -0.25) is 4.79 Å². The molecule has 0 fully saturated rings. The Kier molecular flexibility index (Phi) is 5.60. The molecule has 2 N–H and O–H groups in total. The highest BCUT2D eigenvalue weighted by Crippen LogP contribution is 2.18. The number of aromatic nitrogens is 2. The number of ether oxygens (including phenoxy) is 1. The van der Waals surface area contributed by atoms with E-state index in [4.69, 9.17) is 10.00 Å². The van der Waals surface area contributed by atoms with Gasteiger partial charge in [0.2, 0.25) is 0 Å². The van der Waals surface area contributed by atoms with Crippen molar-refractivity contribution in [2.24, 2.45) is 0 Å². The van der Waals surface area contributed by atoms with Gasteiger partial charge in [0.15, 0.2) is 0 Å². The molecule has 0 aliphatic rings. The van der Waals surface area contributed by atoms with Gasteiger partial charge in [-0.05, 0) is 55.5 Å². The second-order valence-electron chi connectivity index (χ2n) is 5.51. The predicted molar refractivity (Wildman–Crippen MR) is 102 cm³/mol. The van der Waals surface area contributed by atoms with Crippen LogP contribution in [0, 0.1) is 11.3 Å². The Morgan fingerprint density at radius 1 is 1.07 bits per heavy atom. The van der Waals surface area contributed by atoms with Crippen molar-refractivity contribution < 1.29 is 9.53 Å². The Labute approximate surface area is 156 Å². The van der Waals surface area contributed by atoms with E-state index < -0.39 is 0 Å². The molecule has 0 atom stereocenters. The summed E-state index contributed by atoms with van der Waals surface area (Å²) in [6.45, 7) is 2.50. The van der Waals surface area contributed by atoms with Crippen LogP contribution in [0.4, 0.5) is 17.2 Å². The van der Waals surface area contributed by atoms with Crippen molar-refractivity contribution in [1.29, 1.82) is 5.26 Å². The normalized spacial score (nSPS) is 9.93. The van der Waals surface area contributed by atoms with E-state index in [0.717, 1.165) is 11.4 Å². The molecule has 1 amide bonds. The smallest absolute Gasteiger partial charge is 0.274 e. The number of nitrogens with one attached hydrogen (secondary N) is 2. The van der Waals surface area contributed by atoms with E-state index >= 15 is 0 Å². The monoisotopic (exact) mass is 359 g/mol. The zero-order valence-corrected chi connectivity index (χ0v) is 14.6. The summed E-state index contributed by atoms with van der Waals surface area (Å²) < 4.78 is 5.38. The van der Waals surface area contributed by atoms with Crippen LogP contribution in [0.5, 0.6) is 5.75 Å². The fourth-order valence-electron chi connectivity index (χ4n) is 2.32. The second kappa shape index (κ2) is 8.45. The maximum atomic E-state index is 12.4. The molecule has 3 rings (SSSR count). The molecule has 0 spiro atoms. The summed E-state index contributed by atoms with van der Waals surface area (Å²) in [6, 6.07) is 17.6. The SMILES string of the molecule is CCOc1ccc(NC(=O)c2cc(Nc3ccc(C#N)cc3)ncn2)cc1. The number of benzene rings is 2. The van der Waals surface area contributed by atoms with E-state index in [0.29, 0.717) is 23.7 Å². The van der Waals surface area contributed by atoms with Crippen molar-refractivity contribution in [2.75, 3.05) is 17.2 Å². The van der Waals surface area contributed by atoms with Crippen LogP contribution < -0.4 is 15.4 Å². The quantitative estimate of drug-likeness (QED) is 0.695. The number of carbonyl (C=O) groups excluding carboxylic acids is 1. The average Bonchev–Trinajstić information content (AvgIpc) is 2.70. The van der Waals surface area contributed by atoms with Crippen LogP contribution in [0.2, 0.25) is 0 Å². The number of amides is 1. The first-order valence-corrected chi connectivity index (χ1v) is 8.31. The molecule has 7 nitrogen and oxygen atoms in total. The average molecular weight is 359 g/mol. The fraction of sp³-hybridized carbons (Fsp3) is 0.100. The van der Waals surface area contributed by atoms with Crippen LogP contribution in [0.1, 0.15) is 23.0 Å². The van der Waals surface area contributed by atoms with Gasteiger partial charge in [0.05, 0.1) is 18.2 Å². The van der Waals surface area contributed by atoms with Gasteiger partial charge in [0, 0.05) is 17.4 Å². The maximum Gasteiger partial charge on any atom is 0.274 e. The summed E-state index contributed by atoms with van der Waals surface area (Å²) in [4.78, 5) is 20.6. The second-order valence-corrected chi connectivity index (χ2v) is 5.51. The number of hydrogen-bond acceptors (Lipinski definition) is 6. The highest BCUT2D eigenvalue weighted by molar-refractivity contribution is 6.03. The molecule has 0 radical (unpaired) electrons. The first-order valence-electron chi connectivity index (χ1n) is 8.31. The molecular formula is C20H17N5O2. The first kappa shape index (κ1) is 17.9. The van der Waals surface area contributed by atoms with Crippen molar-refractivity contribution >= 4 is 23.1 Å². The third kappa shape index (κ3) is 4.80. The minimum atomic E-state index is -0.343. The predicted octanol–water partition coefficient (Wildman–Crippen LogP) is 3.74. The number of hydrogen-bond donors (Lipinski definition) is 2. The molecule has 134 valence electrons. The van der Waals surface area contributed by atoms with E-state index in [9.17, 15) is 4.79 Å². The Morgan fingerprint density at radius 3 is 2.44 bits per heavy atom. The lowest BCUT2D eigenvalue weighted by Gasteiger charge is -2.08. The molecule has 2 aromatic carbocycles. The molecule has 0 saturated carbocycles. The summed E-state index contributed by atoms with van der Waals surface area (Å²) >= 11 is 0. The lowest BCUT2D eigenvalue weighted by atomic mass is 10.2. The van der Waals surface area contributed by atoms with E-state index in [-0.39, 0.29) is 11.6 Å². The summed E-state index contributed by atoms with van der Waals surface area (Å²) in [5.41, 5.74) is 2.20. The van der Waals surface area contributed by atoms with Crippen LogP contribution in [0.25, 0.3) is 0 Å². The standard InChI is InChI=1S/C20H17N5O2/c1-2-27-17-9-7-16(8-10-17)25-20(26)18-11-19(23-13-22-18)24-15-5-3-14(12-21)4-6-15/h3-11,13H,2H2,1H3,(H,25,26)(H,22,23,24).